The molecule has 1 unspecified atom stereocenters. The number of pyridine rings is 2. The number of aryl methyl sites for hydroxylation is 4. The number of sulfonamides is 2. The lowest BCUT2D eigenvalue weighted by atomic mass is 9.97. The molecule has 0 spiro atoms. The molecule has 9 heterocycles. The standard InChI is InChI=1S/C26H35N7O4S.C26H37N7O4S.2H2S/c1-16-13-26(6,7)32-22-18(9-10-20(27-22)31-12-11-21(29-31)37-15-25(3,4)5)24(34)33(23(16)32)38(35,36)19-14-30(8)28-17(19)2;1-17-13-26(6,7)32(14-17)23-19(24(34)30-38(35,36)20-15-31(8)28-18(20)2)9-10-21(27-23)33-12-11-22(29-33)37-16-25(3,4)5;;/h9-12,14,16,23H,13,15H2,1-8H3;9-12,15,17H,13-14,16H2,1-8H3,(H,30,34);2*1H2/t16-,23?;17-;;/m00../s1. The molecule has 3 atom stereocenters. The van der Waals surface area contributed by atoms with E-state index in [1.54, 1.807) is 86.1 Å². The molecule has 3 aliphatic heterocycles. The summed E-state index contributed by atoms with van der Waals surface area (Å²) in [6.07, 6.45) is 7.18. The SMILES string of the molecule is Cc1nn(C)cc1S(=O)(=O)N1C(=O)c2ccc(-n3ccc(OCC(C)(C)C)n3)nc2N2C1[C@@H](C)CC2(C)C.Cc1nn(C)cc1S(=O)(=O)NC(=O)c1ccc(-n2ccc(OCC(C)(C)C)n2)nc1N1C[C@@H](C)CC1(C)C.S.S. The zero-order valence-corrected chi connectivity index (χ0v) is 51.1. The van der Waals surface area contributed by atoms with E-state index in [-0.39, 0.29) is 70.2 Å². The minimum absolute atomic E-state index is 0. The van der Waals surface area contributed by atoms with Gasteiger partial charge in [0.1, 0.15) is 27.6 Å². The van der Waals surface area contributed by atoms with E-state index in [2.05, 4.69) is 92.3 Å². The number of anilines is 2. The maximum atomic E-state index is 13.9. The Morgan fingerprint density at radius 3 is 1.68 bits per heavy atom. The van der Waals surface area contributed by atoms with E-state index in [4.69, 9.17) is 19.4 Å². The summed E-state index contributed by atoms with van der Waals surface area (Å²) in [6, 6.07) is 10.1. The highest BCUT2D eigenvalue weighted by molar-refractivity contribution is 7.90. The van der Waals surface area contributed by atoms with Crippen LogP contribution in [0.15, 0.2) is 71.0 Å². The van der Waals surface area contributed by atoms with Crippen molar-refractivity contribution >= 4 is 70.5 Å². The molecule has 3 aliphatic rings. The van der Waals surface area contributed by atoms with Crippen LogP contribution in [0.1, 0.15) is 128 Å². The molecule has 22 nitrogen and oxygen atoms in total. The number of fused-ring (bicyclic) bond motifs is 3. The molecule has 2 saturated heterocycles. The average molecular weight is 1150 g/mol. The number of nitrogens with zero attached hydrogens (tertiary/aromatic N) is 13. The summed E-state index contributed by atoms with van der Waals surface area (Å²) in [7, 11) is -5.03. The molecular weight excluding hydrogens is 1080 g/mol. The van der Waals surface area contributed by atoms with Gasteiger partial charge in [0, 0.05) is 68.6 Å². The predicted molar refractivity (Wildman–Crippen MR) is 307 cm³/mol. The fraction of sp³-hybridized carbons (Fsp3) is 0.538. The number of hydrogen-bond acceptors (Lipinski definition) is 16. The van der Waals surface area contributed by atoms with Gasteiger partial charge in [-0.3, -0.25) is 19.0 Å². The van der Waals surface area contributed by atoms with Gasteiger partial charge >= 0.3 is 0 Å². The number of hydrogen-bond donors (Lipinski definition) is 1. The van der Waals surface area contributed by atoms with Gasteiger partial charge in [-0.15, -0.1) is 10.2 Å². The molecule has 0 bridgehead atoms. The number of aromatic nitrogens is 10. The number of rotatable bonds is 12. The predicted octanol–water partition coefficient (Wildman–Crippen LogP) is 7.23. The maximum absolute atomic E-state index is 13.9. The van der Waals surface area contributed by atoms with Gasteiger partial charge in [-0.05, 0) is 101 Å². The maximum Gasteiger partial charge on any atom is 0.273 e. The van der Waals surface area contributed by atoms with Crippen LogP contribution >= 0.6 is 27.0 Å². The molecule has 0 saturated carbocycles. The number of carbonyl (C=O) groups excluding carboxylic acids is 2. The molecule has 2 amide bonds. The molecule has 26 heteroatoms. The summed E-state index contributed by atoms with van der Waals surface area (Å²) in [5.41, 5.74) is 0.279. The van der Waals surface area contributed by atoms with Crippen LogP contribution in [0.2, 0.25) is 0 Å². The quantitative estimate of drug-likeness (QED) is 0.127. The van der Waals surface area contributed by atoms with Gasteiger partial charge in [-0.25, -0.2) is 45.2 Å². The van der Waals surface area contributed by atoms with Crippen LogP contribution in [-0.2, 0) is 34.1 Å². The molecule has 6 aromatic heterocycles. The molecule has 2 fully saturated rings. The van der Waals surface area contributed by atoms with E-state index in [9.17, 15) is 26.4 Å². The summed E-state index contributed by atoms with van der Waals surface area (Å²) in [6.45, 7) is 29.8. The third-order valence-electron chi connectivity index (χ3n) is 13.3. The highest BCUT2D eigenvalue weighted by atomic mass is 32.2. The Morgan fingerprint density at radius 1 is 0.705 bits per heavy atom. The summed E-state index contributed by atoms with van der Waals surface area (Å²) < 4.78 is 74.9. The van der Waals surface area contributed by atoms with E-state index in [1.165, 1.54) is 21.8 Å². The third-order valence-corrected chi connectivity index (χ3v) is 16.6. The highest BCUT2D eigenvalue weighted by Gasteiger charge is 2.57. The van der Waals surface area contributed by atoms with Gasteiger partial charge in [0.2, 0.25) is 11.8 Å². The molecule has 0 aromatic carbocycles. The van der Waals surface area contributed by atoms with Crippen molar-refractivity contribution in [3.63, 3.8) is 0 Å². The first-order valence-electron chi connectivity index (χ1n) is 25.3. The molecule has 0 aliphatic carbocycles. The van der Waals surface area contributed by atoms with Crippen LogP contribution in [0.3, 0.4) is 0 Å². The zero-order valence-electron chi connectivity index (χ0n) is 47.4. The van der Waals surface area contributed by atoms with Crippen molar-refractivity contribution in [3.05, 3.63) is 83.7 Å². The van der Waals surface area contributed by atoms with E-state index in [0.717, 1.165) is 10.7 Å². The molecule has 78 heavy (non-hydrogen) atoms. The topological polar surface area (TPSA) is 240 Å². The average Bonchev–Trinajstić information content (AvgIpc) is 4.19. The fourth-order valence-corrected chi connectivity index (χ4v) is 13.3. The van der Waals surface area contributed by atoms with Gasteiger partial charge in [-0.1, -0.05) is 55.4 Å². The highest BCUT2D eigenvalue weighted by Crippen LogP contribution is 2.48. The lowest BCUT2D eigenvalue weighted by Gasteiger charge is -2.45. The van der Waals surface area contributed by atoms with Gasteiger partial charge in [0.25, 0.3) is 31.9 Å². The molecule has 9 rings (SSSR count). The smallest absolute Gasteiger partial charge is 0.273 e. The Kier molecular flexibility index (Phi) is 17.1. The van der Waals surface area contributed by atoms with Crippen molar-refractivity contribution in [2.24, 2.45) is 36.8 Å². The van der Waals surface area contributed by atoms with Gasteiger partial charge in [-0.2, -0.15) is 37.2 Å². The van der Waals surface area contributed by atoms with Gasteiger partial charge < -0.3 is 19.3 Å². The Morgan fingerprint density at radius 2 is 1.21 bits per heavy atom. The second kappa shape index (κ2) is 21.8. The van der Waals surface area contributed by atoms with E-state index in [0.29, 0.717) is 78.5 Å². The minimum atomic E-state index is -4.18. The Hall–Kier alpha value is -6.12. The van der Waals surface area contributed by atoms with E-state index >= 15 is 0 Å². The number of nitrogens with one attached hydrogen (secondary N) is 1. The first kappa shape index (κ1) is 61.1. The molecule has 0 radical (unpaired) electrons. The zero-order chi connectivity index (χ0) is 55.8. The van der Waals surface area contributed by atoms with Gasteiger partial charge in [0.05, 0.1) is 35.7 Å². The first-order valence-corrected chi connectivity index (χ1v) is 28.2. The van der Waals surface area contributed by atoms with E-state index < -0.39 is 43.6 Å². The van der Waals surface area contributed by atoms with E-state index in [1.807, 2.05) is 25.7 Å². The van der Waals surface area contributed by atoms with Crippen molar-refractivity contribution < 1.29 is 35.9 Å². The normalized spacial score (nSPS) is 18.8. The van der Waals surface area contributed by atoms with Crippen LogP contribution in [-0.4, -0.2) is 119 Å². The van der Waals surface area contributed by atoms with Gasteiger partial charge in [0.15, 0.2) is 11.6 Å². The van der Waals surface area contributed by atoms with Crippen LogP contribution in [0.4, 0.5) is 11.6 Å². The van der Waals surface area contributed by atoms with Crippen molar-refractivity contribution in [1.82, 2.24) is 58.1 Å². The molecule has 426 valence electrons. The summed E-state index contributed by atoms with van der Waals surface area (Å²) in [5.74, 6) is 1.70. The summed E-state index contributed by atoms with van der Waals surface area (Å²) >= 11 is 0. The number of amides is 2. The van der Waals surface area contributed by atoms with Crippen molar-refractivity contribution in [2.45, 2.75) is 137 Å². The summed E-state index contributed by atoms with van der Waals surface area (Å²) in [4.78, 5) is 41.0. The van der Waals surface area contributed by atoms with Crippen molar-refractivity contribution in [2.75, 3.05) is 29.6 Å². The third kappa shape index (κ3) is 12.5. The van der Waals surface area contributed by atoms with Crippen molar-refractivity contribution in [1.29, 1.82) is 0 Å². The Bertz CT molecular complexity index is 3330. The molecule has 6 aromatic rings. The lowest BCUT2D eigenvalue weighted by molar-refractivity contribution is 0.0784. The Labute approximate surface area is 472 Å². The van der Waals surface area contributed by atoms with Crippen LogP contribution in [0.25, 0.3) is 11.6 Å². The summed E-state index contributed by atoms with van der Waals surface area (Å²) in [5, 5.41) is 17.3. The first-order chi connectivity index (χ1) is 35.2. The van der Waals surface area contributed by atoms with Crippen LogP contribution in [0.5, 0.6) is 11.8 Å². The minimum Gasteiger partial charge on any atom is -0.476 e. The molecule has 1 N–H and O–H groups in total. The Balaban J connectivity index is 0.000000246. The molecular formula is C52H76N14O8S4. The fourth-order valence-electron chi connectivity index (χ4n) is 10.3. The second-order valence-corrected chi connectivity index (χ2v) is 27.5. The number of ether oxygens (including phenoxy) is 2. The van der Waals surface area contributed by atoms with Crippen LogP contribution < -0.4 is 24.0 Å². The van der Waals surface area contributed by atoms with Crippen LogP contribution in [0, 0.1) is 36.5 Å². The second-order valence-electron chi connectivity index (χ2n) is 24.0. The van der Waals surface area contributed by atoms with Crippen molar-refractivity contribution in [3.8, 4) is 23.4 Å². The largest absolute Gasteiger partial charge is 0.476 e. The lowest BCUT2D eigenvalue weighted by Crippen LogP contribution is -2.60. The monoisotopic (exact) mass is 1150 g/mol. The number of carbonyl (C=O) groups is 2.